The zero-order chi connectivity index (χ0) is 12.8. The van der Waals surface area contributed by atoms with Crippen molar-refractivity contribution < 1.29 is 19.1 Å². The number of hydrogen-bond donors (Lipinski definition) is 1. The highest BCUT2D eigenvalue weighted by atomic mass is 35.5. The Labute approximate surface area is 106 Å². The zero-order valence-corrected chi connectivity index (χ0v) is 10.6. The molecular formula is C9H9ClN2O4S. The van der Waals surface area contributed by atoms with Crippen LogP contribution in [0.1, 0.15) is 9.67 Å². The molecule has 92 valence electrons. The van der Waals surface area contributed by atoms with Crippen molar-refractivity contribution >= 4 is 45.7 Å². The minimum Gasteiger partial charge on any atom is -0.465 e. The third kappa shape index (κ3) is 3.43. The van der Waals surface area contributed by atoms with Crippen molar-refractivity contribution in [3.8, 4) is 0 Å². The molecule has 0 radical (unpaired) electrons. The first kappa shape index (κ1) is 13.5. The quantitative estimate of drug-likeness (QED) is 0.514. The Hall–Kier alpha value is -1.60. The highest BCUT2D eigenvalue weighted by molar-refractivity contribution is 7.12. The van der Waals surface area contributed by atoms with Crippen LogP contribution in [-0.4, -0.2) is 31.3 Å². The Bertz CT molecular complexity index is 458. The van der Waals surface area contributed by atoms with Crippen LogP contribution in [0.15, 0.2) is 16.5 Å². The number of hydrogen-bond acceptors (Lipinski definition) is 7. The van der Waals surface area contributed by atoms with Gasteiger partial charge in [0.25, 0.3) is 0 Å². The van der Waals surface area contributed by atoms with E-state index in [9.17, 15) is 9.59 Å². The van der Waals surface area contributed by atoms with Crippen molar-refractivity contribution in [2.45, 2.75) is 0 Å². The Balaban J connectivity index is 2.79. The zero-order valence-electron chi connectivity index (χ0n) is 9.02. The molecule has 0 aliphatic heterocycles. The molecule has 0 unspecified atom stereocenters. The normalized spacial score (nSPS) is 10.9. The number of nitrogens with one attached hydrogen (secondary N) is 1. The van der Waals surface area contributed by atoms with Crippen molar-refractivity contribution in [1.82, 2.24) is 0 Å². The maximum absolute atomic E-state index is 11.3. The van der Waals surface area contributed by atoms with Crippen LogP contribution >= 0.6 is 22.9 Å². The van der Waals surface area contributed by atoms with Crippen molar-refractivity contribution in [3.63, 3.8) is 0 Å². The minimum atomic E-state index is -0.769. The third-order valence-electron chi connectivity index (χ3n) is 1.66. The van der Waals surface area contributed by atoms with Crippen LogP contribution in [0.3, 0.4) is 0 Å². The van der Waals surface area contributed by atoms with E-state index in [1.807, 2.05) is 0 Å². The summed E-state index contributed by atoms with van der Waals surface area (Å²) in [7, 11) is 2.46. The summed E-state index contributed by atoms with van der Waals surface area (Å²) in [5, 5.41) is 4.88. The minimum absolute atomic E-state index is 0.339. The highest BCUT2D eigenvalue weighted by Crippen LogP contribution is 2.23. The first-order chi connectivity index (χ1) is 8.10. The number of hydrazone groups is 1. The average molecular weight is 277 g/mol. The molecule has 1 heterocycles. The summed E-state index contributed by atoms with van der Waals surface area (Å²) in [6.45, 7) is 0. The summed E-state index contributed by atoms with van der Waals surface area (Å²) in [6, 6.07) is 1.61. The van der Waals surface area contributed by atoms with Gasteiger partial charge >= 0.3 is 11.9 Å². The molecule has 1 N–H and O–H groups in total. The van der Waals surface area contributed by atoms with E-state index in [0.29, 0.717) is 10.6 Å². The van der Waals surface area contributed by atoms with Gasteiger partial charge in [-0.15, -0.1) is 11.3 Å². The number of halogens is 1. The van der Waals surface area contributed by atoms with Gasteiger partial charge in [-0.25, -0.2) is 9.59 Å². The smallest absolute Gasteiger partial charge is 0.370 e. The van der Waals surface area contributed by atoms with Crippen molar-refractivity contribution in [2.24, 2.45) is 5.10 Å². The number of anilines is 1. The summed E-state index contributed by atoms with van der Waals surface area (Å²) >= 11 is 6.70. The number of carbonyl (C=O) groups is 2. The molecule has 1 aromatic heterocycles. The van der Waals surface area contributed by atoms with E-state index in [4.69, 9.17) is 11.6 Å². The second kappa shape index (κ2) is 6.21. The van der Waals surface area contributed by atoms with Gasteiger partial charge in [0.05, 0.1) is 19.9 Å². The molecule has 1 aromatic rings. The molecule has 0 saturated carbocycles. The van der Waals surface area contributed by atoms with Crippen LogP contribution in [-0.2, 0) is 14.3 Å². The predicted octanol–water partition coefficient (Wildman–Crippen LogP) is 1.67. The van der Waals surface area contributed by atoms with Gasteiger partial charge in [-0.1, -0.05) is 11.6 Å². The van der Waals surface area contributed by atoms with Crippen LogP contribution in [0.5, 0.6) is 0 Å². The van der Waals surface area contributed by atoms with E-state index in [2.05, 4.69) is 20.0 Å². The predicted molar refractivity (Wildman–Crippen MR) is 64.6 cm³/mol. The number of methoxy groups -OCH3 is 2. The lowest BCUT2D eigenvalue weighted by atomic mass is 10.4. The van der Waals surface area contributed by atoms with Crippen LogP contribution < -0.4 is 5.43 Å². The second-order valence-corrected chi connectivity index (χ2v) is 3.94. The van der Waals surface area contributed by atoms with Crippen molar-refractivity contribution in [2.75, 3.05) is 19.6 Å². The number of thiophene rings is 1. The Kier molecular flexibility index (Phi) is 4.92. The van der Waals surface area contributed by atoms with Crippen molar-refractivity contribution in [3.05, 3.63) is 16.3 Å². The summed E-state index contributed by atoms with van der Waals surface area (Å²) in [6.07, 6.45) is 0. The Morgan fingerprint density at radius 2 is 2.12 bits per heavy atom. The fraction of sp³-hybridized carbons (Fsp3) is 0.222. The van der Waals surface area contributed by atoms with E-state index in [0.717, 1.165) is 0 Å². The summed E-state index contributed by atoms with van der Waals surface area (Å²) < 4.78 is 8.92. The van der Waals surface area contributed by atoms with E-state index in [-0.39, 0.29) is 5.17 Å². The average Bonchev–Trinajstić information content (AvgIpc) is 2.82. The molecular weight excluding hydrogens is 268 g/mol. The van der Waals surface area contributed by atoms with Crippen LogP contribution in [0.25, 0.3) is 0 Å². The lowest BCUT2D eigenvalue weighted by molar-refractivity contribution is -0.132. The molecule has 0 atom stereocenters. The van der Waals surface area contributed by atoms with Gasteiger partial charge in [0.15, 0.2) is 0 Å². The van der Waals surface area contributed by atoms with Gasteiger partial charge in [-0.3, -0.25) is 5.43 Å². The van der Waals surface area contributed by atoms with Gasteiger partial charge in [0, 0.05) is 0 Å². The van der Waals surface area contributed by atoms with Gasteiger partial charge < -0.3 is 9.47 Å². The monoisotopic (exact) mass is 276 g/mol. The van der Waals surface area contributed by atoms with E-state index < -0.39 is 11.9 Å². The van der Waals surface area contributed by atoms with Crippen molar-refractivity contribution in [1.29, 1.82) is 0 Å². The topological polar surface area (TPSA) is 77.0 Å². The molecule has 1 rings (SSSR count). The number of esters is 2. The molecule has 0 aliphatic rings. The second-order valence-electron chi connectivity index (χ2n) is 2.66. The van der Waals surface area contributed by atoms with Gasteiger partial charge in [-0.05, 0) is 11.4 Å². The largest absolute Gasteiger partial charge is 0.465 e. The lowest BCUT2D eigenvalue weighted by Gasteiger charge is -2.01. The van der Waals surface area contributed by atoms with E-state index in [1.54, 1.807) is 11.4 Å². The van der Waals surface area contributed by atoms with Gasteiger partial charge in [0.1, 0.15) is 4.88 Å². The Morgan fingerprint density at radius 3 is 2.71 bits per heavy atom. The molecule has 0 aliphatic carbocycles. The summed E-state index contributed by atoms with van der Waals surface area (Å²) in [5.41, 5.74) is 2.89. The first-order valence-corrected chi connectivity index (χ1v) is 5.59. The summed E-state index contributed by atoms with van der Waals surface area (Å²) in [4.78, 5) is 22.6. The van der Waals surface area contributed by atoms with Gasteiger partial charge in [0.2, 0.25) is 5.17 Å². The Morgan fingerprint density at radius 1 is 1.41 bits per heavy atom. The number of carbonyl (C=O) groups excluding carboxylic acids is 2. The number of ether oxygens (including phenoxy) is 2. The van der Waals surface area contributed by atoms with Crippen LogP contribution in [0.2, 0.25) is 0 Å². The van der Waals surface area contributed by atoms with Gasteiger partial charge in [-0.2, -0.15) is 5.10 Å². The molecule has 6 nitrogen and oxygen atoms in total. The highest BCUT2D eigenvalue weighted by Gasteiger charge is 2.14. The van der Waals surface area contributed by atoms with Crippen LogP contribution in [0.4, 0.5) is 5.69 Å². The standard InChI is InChI=1S/C9H9ClN2O4S/c1-15-8(13)6-5(3-4-17-6)11-12-7(10)9(14)16-2/h3-4,11H,1-2H3/b12-7-. The molecule has 8 heteroatoms. The lowest BCUT2D eigenvalue weighted by Crippen LogP contribution is -2.11. The molecule has 0 saturated heterocycles. The fourth-order valence-corrected chi connectivity index (χ4v) is 1.77. The first-order valence-electron chi connectivity index (χ1n) is 4.33. The molecule has 0 aromatic carbocycles. The third-order valence-corrected chi connectivity index (χ3v) is 2.80. The maximum Gasteiger partial charge on any atom is 0.370 e. The maximum atomic E-state index is 11.3. The summed E-state index contributed by atoms with van der Waals surface area (Å²) in [5.74, 6) is -1.26. The van der Waals surface area contributed by atoms with Crippen LogP contribution in [0, 0.1) is 0 Å². The molecule has 17 heavy (non-hydrogen) atoms. The molecule has 0 fully saturated rings. The van der Waals surface area contributed by atoms with E-state index in [1.165, 1.54) is 25.6 Å². The molecule has 0 spiro atoms. The molecule has 0 bridgehead atoms. The number of nitrogens with zero attached hydrogens (tertiary/aromatic N) is 1. The molecule has 0 amide bonds. The number of rotatable bonds is 4. The fourth-order valence-electron chi connectivity index (χ4n) is 0.887. The SMILES string of the molecule is COC(=O)/C(Cl)=N/Nc1ccsc1C(=O)OC. The van der Waals surface area contributed by atoms with E-state index >= 15 is 0 Å².